The largest absolute Gasteiger partial charge is 0.460 e. The van der Waals surface area contributed by atoms with Crippen LogP contribution in [0.5, 0.6) is 0 Å². The fourth-order valence-electron chi connectivity index (χ4n) is 2.68. The average molecular weight is 356 g/mol. The number of carbonyl (C=O) groups is 2. The third-order valence-corrected chi connectivity index (χ3v) is 4.03. The molecule has 1 N–H and O–H groups in total. The van der Waals surface area contributed by atoms with Crippen LogP contribution in [-0.4, -0.2) is 31.7 Å². The van der Waals surface area contributed by atoms with Gasteiger partial charge in [0.05, 0.1) is 12.2 Å². The Bertz CT molecular complexity index is 654. The summed E-state index contributed by atoms with van der Waals surface area (Å²) >= 11 is 6.11. The van der Waals surface area contributed by atoms with E-state index in [1.165, 1.54) is 18.2 Å². The van der Waals surface area contributed by atoms with Gasteiger partial charge in [-0.2, -0.15) is 0 Å². The van der Waals surface area contributed by atoms with Gasteiger partial charge in [-0.3, -0.25) is 4.79 Å². The summed E-state index contributed by atoms with van der Waals surface area (Å²) in [5.74, 6) is -2.26. The van der Waals surface area contributed by atoms with E-state index in [0.717, 1.165) is 0 Å². The van der Waals surface area contributed by atoms with E-state index >= 15 is 0 Å². The highest BCUT2D eigenvalue weighted by Crippen LogP contribution is 2.38. The van der Waals surface area contributed by atoms with Crippen LogP contribution >= 0.6 is 11.6 Å². The minimum Gasteiger partial charge on any atom is -0.460 e. The Hall–Kier alpha value is -1.92. The molecule has 1 aliphatic heterocycles. The number of hydrogen-bond donors (Lipinski definition) is 1. The van der Waals surface area contributed by atoms with E-state index in [0.29, 0.717) is 12.3 Å². The predicted molar refractivity (Wildman–Crippen MR) is 87.1 cm³/mol. The van der Waals surface area contributed by atoms with Crippen LogP contribution in [0.1, 0.15) is 31.7 Å². The van der Waals surface area contributed by atoms with Crippen LogP contribution in [-0.2, 0) is 19.1 Å². The highest BCUT2D eigenvalue weighted by atomic mass is 35.5. The highest BCUT2D eigenvalue weighted by molar-refractivity contribution is 6.31. The van der Waals surface area contributed by atoms with E-state index in [2.05, 4.69) is 5.32 Å². The second-order valence-electron chi connectivity index (χ2n) is 5.31. The average Bonchev–Trinajstić information content (AvgIpc) is 2.50. The van der Waals surface area contributed by atoms with Crippen molar-refractivity contribution in [2.45, 2.75) is 26.2 Å². The summed E-state index contributed by atoms with van der Waals surface area (Å²) in [6.45, 7) is 4.28. The molecular weight excluding hydrogens is 337 g/mol. The lowest BCUT2D eigenvalue weighted by molar-refractivity contribution is -0.141. The van der Waals surface area contributed by atoms with Gasteiger partial charge in [-0.15, -0.1) is 0 Å². The van der Waals surface area contributed by atoms with Crippen molar-refractivity contribution in [1.29, 1.82) is 0 Å². The van der Waals surface area contributed by atoms with Crippen LogP contribution in [0.25, 0.3) is 0 Å². The first-order valence-electron chi connectivity index (χ1n) is 7.65. The van der Waals surface area contributed by atoms with E-state index in [4.69, 9.17) is 21.1 Å². The normalized spacial score (nSPS) is 17.7. The molecule has 0 spiro atoms. The Balaban J connectivity index is 2.32. The standard InChI is InChI=1S/C17H19ClFNO4/c1-3-23-7-8-24-17(22)15-10(2)20-14(21)9-11(15)16-12(18)5-4-6-13(16)19/h4-6,11H,3,7-9H2,1-2H3,(H,20,21)/t11-/m0/s1. The smallest absolute Gasteiger partial charge is 0.336 e. The van der Waals surface area contributed by atoms with Crippen molar-refractivity contribution in [3.8, 4) is 0 Å². The van der Waals surface area contributed by atoms with Gasteiger partial charge in [-0.25, -0.2) is 9.18 Å². The molecule has 1 aromatic rings. The van der Waals surface area contributed by atoms with Gasteiger partial charge < -0.3 is 14.8 Å². The van der Waals surface area contributed by atoms with Gasteiger partial charge in [-0.05, 0) is 26.0 Å². The highest BCUT2D eigenvalue weighted by Gasteiger charge is 2.35. The van der Waals surface area contributed by atoms with Crippen molar-refractivity contribution in [3.63, 3.8) is 0 Å². The summed E-state index contributed by atoms with van der Waals surface area (Å²) < 4.78 is 24.6. The number of hydrogen-bond acceptors (Lipinski definition) is 4. The Labute approximate surface area is 144 Å². The molecule has 5 nitrogen and oxygen atoms in total. The molecule has 2 rings (SSSR count). The van der Waals surface area contributed by atoms with Crippen LogP contribution in [0.4, 0.5) is 4.39 Å². The van der Waals surface area contributed by atoms with Crippen LogP contribution in [0.15, 0.2) is 29.5 Å². The van der Waals surface area contributed by atoms with E-state index < -0.39 is 17.7 Å². The molecule has 7 heteroatoms. The fourth-order valence-corrected chi connectivity index (χ4v) is 2.97. The fraction of sp³-hybridized carbons (Fsp3) is 0.412. The van der Waals surface area contributed by atoms with Crippen LogP contribution in [0.2, 0.25) is 5.02 Å². The Morgan fingerprint density at radius 3 is 2.83 bits per heavy atom. The van der Waals surface area contributed by atoms with Crippen LogP contribution < -0.4 is 5.32 Å². The molecule has 1 atom stereocenters. The number of carbonyl (C=O) groups excluding carboxylic acids is 2. The Morgan fingerprint density at radius 1 is 1.42 bits per heavy atom. The zero-order chi connectivity index (χ0) is 17.7. The SMILES string of the molecule is CCOCCOC(=O)C1=C(C)NC(=O)C[C@@H]1c1c(F)cccc1Cl. The molecule has 0 saturated carbocycles. The molecule has 0 aromatic heterocycles. The molecule has 0 bridgehead atoms. The molecule has 0 unspecified atom stereocenters. The first-order valence-corrected chi connectivity index (χ1v) is 8.02. The molecule has 1 aliphatic rings. The number of benzene rings is 1. The summed E-state index contributed by atoms with van der Waals surface area (Å²) in [7, 11) is 0. The van der Waals surface area contributed by atoms with Gasteiger partial charge in [0, 0.05) is 35.2 Å². The van der Waals surface area contributed by atoms with E-state index in [1.54, 1.807) is 6.92 Å². The van der Waals surface area contributed by atoms with Crippen molar-refractivity contribution in [1.82, 2.24) is 5.32 Å². The number of allylic oxidation sites excluding steroid dienone is 1. The maximum atomic E-state index is 14.3. The number of halogens is 2. The van der Waals surface area contributed by atoms with E-state index in [-0.39, 0.29) is 41.7 Å². The molecule has 0 saturated heterocycles. The quantitative estimate of drug-likeness (QED) is 0.629. The molecule has 1 amide bonds. The first kappa shape index (κ1) is 18.4. The number of ether oxygens (including phenoxy) is 2. The van der Waals surface area contributed by atoms with Gasteiger partial charge in [0.15, 0.2) is 0 Å². The minimum absolute atomic E-state index is 0.0755. The molecule has 0 radical (unpaired) electrons. The lowest BCUT2D eigenvalue weighted by Crippen LogP contribution is -2.34. The summed E-state index contributed by atoms with van der Waals surface area (Å²) in [5.41, 5.74) is 0.681. The van der Waals surface area contributed by atoms with Gasteiger partial charge in [-0.1, -0.05) is 17.7 Å². The van der Waals surface area contributed by atoms with Crippen LogP contribution in [0.3, 0.4) is 0 Å². The Kier molecular flexibility index (Phi) is 6.34. The molecular formula is C17H19ClFNO4. The molecule has 0 fully saturated rings. The predicted octanol–water partition coefficient (Wildman–Crippen LogP) is 2.94. The second kappa shape index (κ2) is 8.26. The summed E-state index contributed by atoms with van der Waals surface area (Å²) in [6.07, 6.45) is -0.0755. The first-order chi connectivity index (χ1) is 11.5. The van der Waals surface area contributed by atoms with Crippen molar-refractivity contribution in [2.24, 2.45) is 0 Å². The van der Waals surface area contributed by atoms with Gasteiger partial charge in [0.2, 0.25) is 5.91 Å². The lowest BCUT2D eigenvalue weighted by Gasteiger charge is -2.27. The topological polar surface area (TPSA) is 64.6 Å². The van der Waals surface area contributed by atoms with Crippen molar-refractivity contribution < 1.29 is 23.5 Å². The summed E-state index contributed by atoms with van der Waals surface area (Å²) in [4.78, 5) is 24.3. The van der Waals surface area contributed by atoms with Crippen LogP contribution in [0, 0.1) is 5.82 Å². The van der Waals surface area contributed by atoms with Gasteiger partial charge in [0.25, 0.3) is 0 Å². The van der Waals surface area contributed by atoms with E-state index in [1.807, 2.05) is 6.92 Å². The zero-order valence-corrected chi connectivity index (χ0v) is 14.3. The number of esters is 1. The maximum Gasteiger partial charge on any atom is 0.336 e. The second-order valence-corrected chi connectivity index (χ2v) is 5.72. The molecule has 1 aromatic carbocycles. The van der Waals surface area contributed by atoms with Crippen molar-refractivity contribution in [3.05, 3.63) is 45.9 Å². The molecule has 0 aliphatic carbocycles. The van der Waals surface area contributed by atoms with E-state index in [9.17, 15) is 14.0 Å². The summed E-state index contributed by atoms with van der Waals surface area (Å²) in [5, 5.41) is 2.76. The number of rotatable bonds is 6. The number of amides is 1. The van der Waals surface area contributed by atoms with Gasteiger partial charge in [0.1, 0.15) is 12.4 Å². The molecule has 24 heavy (non-hydrogen) atoms. The maximum absolute atomic E-state index is 14.3. The minimum atomic E-state index is -0.785. The Morgan fingerprint density at radius 2 is 2.17 bits per heavy atom. The summed E-state index contributed by atoms with van der Waals surface area (Å²) in [6, 6.07) is 4.25. The van der Waals surface area contributed by atoms with Crippen molar-refractivity contribution in [2.75, 3.05) is 19.8 Å². The molecule has 1 heterocycles. The third kappa shape index (κ3) is 4.13. The number of nitrogens with one attached hydrogen (secondary N) is 1. The lowest BCUT2D eigenvalue weighted by atomic mass is 9.84. The third-order valence-electron chi connectivity index (χ3n) is 3.70. The monoisotopic (exact) mass is 355 g/mol. The zero-order valence-electron chi connectivity index (χ0n) is 13.5. The van der Waals surface area contributed by atoms with Gasteiger partial charge >= 0.3 is 5.97 Å². The molecule has 130 valence electrons. The van der Waals surface area contributed by atoms with Crippen molar-refractivity contribution >= 4 is 23.5 Å².